The highest BCUT2D eigenvalue weighted by Gasteiger charge is 2.17. The number of nitrogens with zero attached hydrogens (tertiary/aromatic N) is 1. The minimum Gasteiger partial charge on any atom is -0.494 e. The van der Waals surface area contributed by atoms with Crippen molar-refractivity contribution in [3.05, 3.63) is 29.8 Å². The number of rotatable bonds is 10. The van der Waals surface area contributed by atoms with Gasteiger partial charge in [0.1, 0.15) is 5.75 Å². The third-order valence-corrected chi connectivity index (χ3v) is 3.76. The fourth-order valence-electron chi connectivity index (χ4n) is 2.38. The number of amides is 1. The third-order valence-electron chi connectivity index (χ3n) is 3.76. The van der Waals surface area contributed by atoms with Crippen LogP contribution in [0, 0.1) is 0 Å². The highest BCUT2D eigenvalue weighted by atomic mass is 16.5. The van der Waals surface area contributed by atoms with E-state index in [9.17, 15) is 4.79 Å². The molecule has 5 heteroatoms. The van der Waals surface area contributed by atoms with Crippen LogP contribution < -0.4 is 10.1 Å². The van der Waals surface area contributed by atoms with E-state index in [0.717, 1.165) is 25.1 Å². The van der Waals surface area contributed by atoms with E-state index in [1.165, 1.54) is 0 Å². The van der Waals surface area contributed by atoms with E-state index in [4.69, 9.17) is 9.47 Å². The Morgan fingerprint density at radius 1 is 1.26 bits per heavy atom. The summed E-state index contributed by atoms with van der Waals surface area (Å²) in [4.78, 5) is 14.4. The lowest BCUT2D eigenvalue weighted by Crippen LogP contribution is -2.41. The molecule has 2 atom stereocenters. The van der Waals surface area contributed by atoms with Gasteiger partial charge in [0.15, 0.2) is 0 Å². The summed E-state index contributed by atoms with van der Waals surface area (Å²) in [5.41, 5.74) is 0.628. The van der Waals surface area contributed by atoms with E-state index in [1.807, 2.05) is 40.1 Å². The van der Waals surface area contributed by atoms with Gasteiger partial charge in [-0.05, 0) is 58.1 Å². The average molecular weight is 322 g/mol. The second-order valence-electron chi connectivity index (χ2n) is 5.97. The van der Waals surface area contributed by atoms with Gasteiger partial charge < -0.3 is 19.7 Å². The molecule has 0 aliphatic carbocycles. The van der Waals surface area contributed by atoms with E-state index in [2.05, 4.69) is 10.2 Å². The third kappa shape index (κ3) is 7.01. The molecule has 5 nitrogen and oxygen atoms in total. The van der Waals surface area contributed by atoms with Gasteiger partial charge in [-0.25, -0.2) is 0 Å². The summed E-state index contributed by atoms with van der Waals surface area (Å²) >= 11 is 0. The molecule has 0 saturated carbocycles. The first-order chi connectivity index (χ1) is 11.0. The quantitative estimate of drug-likeness (QED) is 0.673. The largest absolute Gasteiger partial charge is 0.494 e. The van der Waals surface area contributed by atoms with E-state index in [-0.39, 0.29) is 18.1 Å². The van der Waals surface area contributed by atoms with Crippen LogP contribution in [0.1, 0.15) is 37.0 Å². The van der Waals surface area contributed by atoms with Crippen LogP contribution in [0.25, 0.3) is 0 Å². The molecule has 0 fully saturated rings. The van der Waals surface area contributed by atoms with Crippen molar-refractivity contribution in [3.63, 3.8) is 0 Å². The number of ether oxygens (including phenoxy) is 2. The molecule has 1 aromatic carbocycles. The minimum atomic E-state index is -0.0906. The lowest BCUT2D eigenvalue weighted by molar-refractivity contribution is 0.0628. The van der Waals surface area contributed by atoms with Crippen molar-refractivity contribution in [2.24, 2.45) is 0 Å². The van der Waals surface area contributed by atoms with Gasteiger partial charge >= 0.3 is 0 Å². The Balaban J connectivity index is 2.47. The summed E-state index contributed by atoms with van der Waals surface area (Å²) in [5, 5.41) is 2.97. The molecule has 0 aromatic heterocycles. The van der Waals surface area contributed by atoms with Crippen LogP contribution >= 0.6 is 0 Å². The maximum absolute atomic E-state index is 12.2. The van der Waals surface area contributed by atoms with Crippen molar-refractivity contribution >= 4 is 5.91 Å². The average Bonchev–Trinajstić information content (AvgIpc) is 2.53. The van der Waals surface area contributed by atoms with Crippen LogP contribution in [-0.2, 0) is 4.74 Å². The molecule has 0 aliphatic rings. The Kier molecular flexibility index (Phi) is 8.66. The second kappa shape index (κ2) is 10.2. The number of methoxy groups -OCH3 is 1. The van der Waals surface area contributed by atoms with Crippen LogP contribution in [0.5, 0.6) is 5.75 Å². The van der Waals surface area contributed by atoms with Crippen molar-refractivity contribution in [3.8, 4) is 5.75 Å². The summed E-state index contributed by atoms with van der Waals surface area (Å²) < 4.78 is 11.0. The Hall–Kier alpha value is -1.59. The zero-order valence-electron chi connectivity index (χ0n) is 15.0. The predicted octanol–water partition coefficient (Wildman–Crippen LogP) is 2.56. The van der Waals surface area contributed by atoms with Crippen molar-refractivity contribution in [1.82, 2.24) is 10.2 Å². The molecule has 130 valence electrons. The van der Waals surface area contributed by atoms with Gasteiger partial charge in [-0.1, -0.05) is 6.92 Å². The highest BCUT2D eigenvalue weighted by Crippen LogP contribution is 2.13. The molecule has 0 spiro atoms. The van der Waals surface area contributed by atoms with Gasteiger partial charge in [0.05, 0.1) is 18.8 Å². The predicted molar refractivity (Wildman–Crippen MR) is 93.1 cm³/mol. The van der Waals surface area contributed by atoms with Gasteiger partial charge in [0, 0.05) is 19.2 Å². The van der Waals surface area contributed by atoms with E-state index in [0.29, 0.717) is 12.2 Å². The second-order valence-corrected chi connectivity index (χ2v) is 5.97. The van der Waals surface area contributed by atoms with Crippen molar-refractivity contribution in [2.75, 3.05) is 34.4 Å². The zero-order chi connectivity index (χ0) is 17.2. The lowest BCUT2D eigenvalue weighted by atomic mass is 10.1. The van der Waals surface area contributed by atoms with Gasteiger partial charge in [0.2, 0.25) is 0 Å². The Morgan fingerprint density at radius 3 is 2.43 bits per heavy atom. The maximum Gasteiger partial charge on any atom is 0.251 e. The molecule has 2 unspecified atom stereocenters. The van der Waals surface area contributed by atoms with Crippen LogP contribution in [0.15, 0.2) is 24.3 Å². The molecule has 0 aliphatic heterocycles. The van der Waals surface area contributed by atoms with Gasteiger partial charge in [-0.3, -0.25) is 4.79 Å². The van der Waals surface area contributed by atoms with Crippen LogP contribution in [0.3, 0.4) is 0 Å². The first kappa shape index (κ1) is 19.5. The molecular weight excluding hydrogens is 292 g/mol. The highest BCUT2D eigenvalue weighted by molar-refractivity contribution is 5.94. The van der Waals surface area contributed by atoms with Crippen molar-refractivity contribution in [2.45, 2.75) is 38.8 Å². The molecular formula is C18H30N2O3. The van der Waals surface area contributed by atoms with Crippen LogP contribution in [-0.4, -0.2) is 57.3 Å². The summed E-state index contributed by atoms with van der Waals surface area (Å²) in [7, 11) is 5.75. The molecule has 0 saturated heterocycles. The molecule has 0 bridgehead atoms. The monoisotopic (exact) mass is 322 g/mol. The van der Waals surface area contributed by atoms with Crippen molar-refractivity contribution in [1.29, 1.82) is 0 Å². The standard InChI is InChI=1S/C18H30N2O3/c1-6-17(22-5)14(2)19-18(21)15-8-10-16(11-9-15)23-13-7-12-20(3)4/h8-11,14,17H,6-7,12-13H2,1-5H3,(H,19,21). The number of hydrogen-bond donors (Lipinski definition) is 1. The summed E-state index contributed by atoms with van der Waals surface area (Å²) in [5.74, 6) is 0.698. The van der Waals surface area contributed by atoms with Gasteiger partial charge in [-0.15, -0.1) is 0 Å². The van der Waals surface area contributed by atoms with Gasteiger partial charge in [0.25, 0.3) is 5.91 Å². The normalized spacial score (nSPS) is 13.7. The number of benzene rings is 1. The smallest absolute Gasteiger partial charge is 0.251 e. The lowest BCUT2D eigenvalue weighted by Gasteiger charge is -2.22. The molecule has 1 amide bonds. The zero-order valence-corrected chi connectivity index (χ0v) is 15.0. The summed E-state index contributed by atoms with van der Waals surface area (Å²) in [6, 6.07) is 7.22. The topological polar surface area (TPSA) is 50.8 Å². The SMILES string of the molecule is CCC(OC)C(C)NC(=O)c1ccc(OCCCN(C)C)cc1. The van der Waals surface area contributed by atoms with E-state index in [1.54, 1.807) is 19.2 Å². The molecule has 0 radical (unpaired) electrons. The molecule has 1 rings (SSSR count). The number of hydrogen-bond acceptors (Lipinski definition) is 4. The van der Waals surface area contributed by atoms with Crippen LogP contribution in [0.2, 0.25) is 0 Å². The number of carbonyl (C=O) groups is 1. The Labute approximate surface area is 140 Å². The molecule has 0 heterocycles. The number of nitrogens with one attached hydrogen (secondary N) is 1. The van der Waals surface area contributed by atoms with Crippen LogP contribution in [0.4, 0.5) is 0 Å². The molecule has 1 N–H and O–H groups in total. The van der Waals surface area contributed by atoms with E-state index >= 15 is 0 Å². The Bertz CT molecular complexity index is 456. The van der Waals surface area contributed by atoms with Crippen molar-refractivity contribution < 1.29 is 14.3 Å². The summed E-state index contributed by atoms with van der Waals surface area (Å²) in [6.45, 7) is 5.67. The molecule has 1 aromatic rings. The maximum atomic E-state index is 12.2. The van der Waals surface area contributed by atoms with Gasteiger partial charge in [-0.2, -0.15) is 0 Å². The fraction of sp³-hybridized carbons (Fsp3) is 0.611. The van der Waals surface area contributed by atoms with E-state index < -0.39 is 0 Å². The number of carbonyl (C=O) groups excluding carboxylic acids is 1. The first-order valence-electron chi connectivity index (χ1n) is 8.19. The minimum absolute atomic E-state index is 0.0262. The first-order valence-corrected chi connectivity index (χ1v) is 8.19. The Morgan fingerprint density at radius 2 is 1.91 bits per heavy atom. The fourth-order valence-corrected chi connectivity index (χ4v) is 2.38. The molecule has 23 heavy (non-hydrogen) atoms. The summed E-state index contributed by atoms with van der Waals surface area (Å²) in [6.07, 6.45) is 1.86.